The highest BCUT2D eigenvalue weighted by molar-refractivity contribution is 6.33. The van der Waals surface area contributed by atoms with Crippen LogP contribution in [-0.2, 0) is 4.74 Å². The number of nitrogens with one attached hydrogen (secondary N) is 1. The van der Waals surface area contributed by atoms with Crippen LogP contribution in [0.1, 0.15) is 22.0 Å². The summed E-state index contributed by atoms with van der Waals surface area (Å²) < 4.78 is 24.3. The standard InChI is InChI=1S/C17H17ClFNO3/c1-22-12-6-3-5-11(9-12)15(23-2)10-20-17(21)16-13(18)7-4-8-14(16)19/h3-9,15H,10H2,1-2H3,(H,20,21)/t15-/m0/s1. The summed E-state index contributed by atoms with van der Waals surface area (Å²) in [5, 5.41) is 2.71. The van der Waals surface area contributed by atoms with E-state index in [1.165, 1.54) is 25.3 Å². The third kappa shape index (κ3) is 4.21. The van der Waals surface area contributed by atoms with E-state index in [4.69, 9.17) is 21.1 Å². The van der Waals surface area contributed by atoms with Crippen LogP contribution in [0.4, 0.5) is 4.39 Å². The molecule has 0 spiro atoms. The minimum atomic E-state index is -0.662. The van der Waals surface area contributed by atoms with Crippen LogP contribution in [-0.4, -0.2) is 26.7 Å². The van der Waals surface area contributed by atoms with Gasteiger partial charge < -0.3 is 14.8 Å². The molecule has 0 fully saturated rings. The Bertz CT molecular complexity index is 673. The number of ether oxygens (including phenoxy) is 2. The SMILES string of the molecule is COc1cccc([C@H](CNC(=O)c2c(F)cccc2Cl)OC)c1. The molecule has 2 aromatic carbocycles. The predicted octanol–water partition coefficient (Wildman–Crippen LogP) is 3.61. The summed E-state index contributed by atoms with van der Waals surface area (Å²) in [5.41, 5.74) is 0.668. The van der Waals surface area contributed by atoms with Crippen LogP contribution in [0.25, 0.3) is 0 Å². The fourth-order valence-corrected chi connectivity index (χ4v) is 2.42. The Morgan fingerprint density at radius 1 is 1.26 bits per heavy atom. The number of carbonyl (C=O) groups excluding carboxylic acids is 1. The van der Waals surface area contributed by atoms with Crippen molar-refractivity contribution in [1.82, 2.24) is 5.32 Å². The summed E-state index contributed by atoms with van der Waals surface area (Å²) in [6.07, 6.45) is -0.389. The van der Waals surface area contributed by atoms with Crippen molar-refractivity contribution >= 4 is 17.5 Å². The molecular weight excluding hydrogens is 321 g/mol. The Hall–Kier alpha value is -2.11. The summed E-state index contributed by atoms with van der Waals surface area (Å²) >= 11 is 5.88. The van der Waals surface area contributed by atoms with Crippen LogP contribution in [0, 0.1) is 5.82 Å². The topological polar surface area (TPSA) is 47.6 Å². The van der Waals surface area contributed by atoms with Crippen LogP contribution < -0.4 is 10.1 Å². The molecule has 23 heavy (non-hydrogen) atoms. The van der Waals surface area contributed by atoms with Gasteiger partial charge >= 0.3 is 0 Å². The van der Waals surface area contributed by atoms with Gasteiger partial charge in [-0.3, -0.25) is 4.79 Å². The molecule has 1 N–H and O–H groups in total. The first-order valence-corrected chi connectivity index (χ1v) is 7.33. The zero-order chi connectivity index (χ0) is 16.8. The number of hydrogen-bond donors (Lipinski definition) is 1. The highest BCUT2D eigenvalue weighted by Crippen LogP contribution is 2.22. The van der Waals surface area contributed by atoms with Crippen molar-refractivity contribution in [3.63, 3.8) is 0 Å². The molecule has 2 aromatic rings. The smallest absolute Gasteiger partial charge is 0.255 e. The molecule has 0 unspecified atom stereocenters. The van der Waals surface area contributed by atoms with E-state index < -0.39 is 11.7 Å². The number of amides is 1. The molecule has 0 aromatic heterocycles. The zero-order valence-corrected chi connectivity index (χ0v) is 13.6. The van der Waals surface area contributed by atoms with Crippen molar-refractivity contribution in [3.05, 3.63) is 64.4 Å². The third-order valence-corrected chi connectivity index (χ3v) is 3.70. The molecule has 4 nitrogen and oxygen atoms in total. The maximum atomic E-state index is 13.7. The number of methoxy groups -OCH3 is 2. The van der Waals surface area contributed by atoms with E-state index in [1.54, 1.807) is 7.11 Å². The molecule has 0 aliphatic rings. The van der Waals surface area contributed by atoms with Gasteiger partial charge in [-0.1, -0.05) is 29.8 Å². The van der Waals surface area contributed by atoms with Crippen LogP contribution in [0.2, 0.25) is 5.02 Å². The van der Waals surface area contributed by atoms with Gasteiger partial charge in [-0.15, -0.1) is 0 Å². The van der Waals surface area contributed by atoms with Crippen LogP contribution in [0.5, 0.6) is 5.75 Å². The highest BCUT2D eigenvalue weighted by atomic mass is 35.5. The molecule has 6 heteroatoms. The summed E-state index contributed by atoms with van der Waals surface area (Å²) in [6.45, 7) is 0.174. The van der Waals surface area contributed by atoms with Gasteiger partial charge in [0.05, 0.1) is 23.8 Å². The van der Waals surface area contributed by atoms with Crippen molar-refractivity contribution in [3.8, 4) is 5.75 Å². The van der Waals surface area contributed by atoms with Gasteiger partial charge in [-0.2, -0.15) is 0 Å². The normalized spacial score (nSPS) is 11.8. The molecule has 0 saturated heterocycles. The molecule has 0 aliphatic heterocycles. The summed E-state index contributed by atoms with van der Waals surface area (Å²) in [6, 6.07) is 11.4. The van der Waals surface area contributed by atoms with E-state index in [1.807, 2.05) is 24.3 Å². The number of carbonyl (C=O) groups is 1. The van der Waals surface area contributed by atoms with E-state index in [9.17, 15) is 9.18 Å². The molecule has 0 saturated carbocycles. The van der Waals surface area contributed by atoms with Crippen molar-refractivity contribution in [2.24, 2.45) is 0 Å². The van der Waals surface area contributed by atoms with E-state index in [0.717, 1.165) is 5.56 Å². The van der Waals surface area contributed by atoms with Crippen LogP contribution >= 0.6 is 11.6 Å². The number of benzene rings is 2. The average Bonchev–Trinajstić information content (AvgIpc) is 2.55. The Balaban J connectivity index is 2.09. The van der Waals surface area contributed by atoms with Gasteiger partial charge in [0.1, 0.15) is 11.6 Å². The first-order valence-electron chi connectivity index (χ1n) is 6.95. The van der Waals surface area contributed by atoms with Crippen molar-refractivity contribution < 1.29 is 18.7 Å². The zero-order valence-electron chi connectivity index (χ0n) is 12.8. The lowest BCUT2D eigenvalue weighted by Crippen LogP contribution is -2.30. The molecule has 1 atom stereocenters. The second kappa shape index (κ2) is 7.94. The summed E-state index contributed by atoms with van der Waals surface area (Å²) in [5.74, 6) is -0.559. The second-order valence-electron chi connectivity index (χ2n) is 4.81. The molecule has 0 aliphatic carbocycles. The Morgan fingerprint density at radius 3 is 2.65 bits per heavy atom. The quantitative estimate of drug-likeness (QED) is 0.876. The molecule has 0 bridgehead atoms. The van der Waals surface area contributed by atoms with Gasteiger partial charge in [0.15, 0.2) is 0 Å². The fourth-order valence-electron chi connectivity index (χ4n) is 2.17. The first kappa shape index (κ1) is 17.2. The molecule has 0 radical (unpaired) electrons. The predicted molar refractivity (Wildman–Crippen MR) is 86.5 cm³/mol. The average molecular weight is 338 g/mol. The molecule has 2 rings (SSSR count). The van der Waals surface area contributed by atoms with Gasteiger partial charge in [0.2, 0.25) is 0 Å². The lowest BCUT2D eigenvalue weighted by Gasteiger charge is -2.17. The maximum Gasteiger partial charge on any atom is 0.255 e. The van der Waals surface area contributed by atoms with Crippen molar-refractivity contribution in [2.75, 3.05) is 20.8 Å². The lowest BCUT2D eigenvalue weighted by molar-refractivity contribution is 0.0824. The number of rotatable bonds is 6. The second-order valence-corrected chi connectivity index (χ2v) is 5.21. The Morgan fingerprint density at radius 2 is 2.00 bits per heavy atom. The van der Waals surface area contributed by atoms with E-state index in [2.05, 4.69) is 5.32 Å². The van der Waals surface area contributed by atoms with Gasteiger partial charge in [-0.25, -0.2) is 4.39 Å². The van der Waals surface area contributed by atoms with E-state index in [-0.39, 0.29) is 23.2 Å². The fraction of sp³-hybridized carbons (Fsp3) is 0.235. The van der Waals surface area contributed by atoms with Crippen molar-refractivity contribution in [1.29, 1.82) is 0 Å². The minimum Gasteiger partial charge on any atom is -0.497 e. The molecular formula is C17H17ClFNO3. The largest absolute Gasteiger partial charge is 0.497 e. The monoisotopic (exact) mass is 337 g/mol. The van der Waals surface area contributed by atoms with Gasteiger partial charge in [-0.05, 0) is 29.8 Å². The van der Waals surface area contributed by atoms with Crippen LogP contribution in [0.15, 0.2) is 42.5 Å². The summed E-state index contributed by atoms with van der Waals surface area (Å²) in [7, 11) is 3.11. The molecule has 0 heterocycles. The van der Waals surface area contributed by atoms with Gasteiger partial charge in [0, 0.05) is 13.7 Å². The Labute approximate surface area is 139 Å². The third-order valence-electron chi connectivity index (χ3n) is 3.39. The molecule has 1 amide bonds. The lowest BCUT2D eigenvalue weighted by atomic mass is 10.1. The number of halogens is 2. The van der Waals surface area contributed by atoms with Crippen molar-refractivity contribution in [2.45, 2.75) is 6.10 Å². The highest BCUT2D eigenvalue weighted by Gasteiger charge is 2.18. The van der Waals surface area contributed by atoms with Gasteiger partial charge in [0.25, 0.3) is 5.91 Å². The summed E-state index contributed by atoms with van der Waals surface area (Å²) in [4.78, 5) is 12.1. The van der Waals surface area contributed by atoms with E-state index >= 15 is 0 Å². The van der Waals surface area contributed by atoms with Crippen LogP contribution in [0.3, 0.4) is 0 Å². The maximum absolute atomic E-state index is 13.7. The minimum absolute atomic E-state index is 0.0675. The molecule has 122 valence electrons. The van der Waals surface area contributed by atoms with E-state index in [0.29, 0.717) is 5.75 Å². The Kier molecular flexibility index (Phi) is 5.96. The number of hydrogen-bond acceptors (Lipinski definition) is 3. The first-order chi connectivity index (χ1) is 11.1.